The van der Waals surface area contributed by atoms with Crippen LogP contribution in [-0.2, 0) is 4.74 Å². The van der Waals surface area contributed by atoms with Crippen LogP contribution in [0.4, 0.5) is 21.8 Å². The minimum Gasteiger partial charge on any atom is -0.379 e. The van der Waals surface area contributed by atoms with Crippen molar-refractivity contribution >= 4 is 40.1 Å². The van der Waals surface area contributed by atoms with Gasteiger partial charge in [-0.05, 0) is 18.2 Å². The van der Waals surface area contributed by atoms with Crippen LogP contribution in [0.3, 0.4) is 0 Å². The normalized spacial score (nSPS) is 18.2. The predicted molar refractivity (Wildman–Crippen MR) is 121 cm³/mol. The maximum atomic E-state index is 13.5. The van der Waals surface area contributed by atoms with Gasteiger partial charge >= 0.3 is 0 Å². The highest BCUT2D eigenvalue weighted by Gasteiger charge is 2.22. The fourth-order valence-electron chi connectivity index (χ4n) is 3.91. The van der Waals surface area contributed by atoms with E-state index in [9.17, 15) is 4.39 Å². The molecule has 168 valence electrons. The monoisotopic (exact) mass is 458 g/mol. The van der Waals surface area contributed by atoms with Crippen LogP contribution < -0.4 is 10.2 Å². The lowest BCUT2D eigenvalue weighted by atomic mass is 10.3. The summed E-state index contributed by atoms with van der Waals surface area (Å²) in [6.45, 7) is 8.16. The van der Waals surface area contributed by atoms with Crippen LogP contribution in [0.2, 0.25) is 5.02 Å². The van der Waals surface area contributed by atoms with Crippen LogP contribution in [0.1, 0.15) is 0 Å². The number of morpholine rings is 1. The molecule has 0 atom stereocenters. The Morgan fingerprint density at radius 1 is 1.00 bits per heavy atom. The van der Waals surface area contributed by atoms with E-state index >= 15 is 0 Å². The third-order valence-electron chi connectivity index (χ3n) is 5.71. The van der Waals surface area contributed by atoms with Crippen molar-refractivity contribution in [3.05, 3.63) is 41.6 Å². The van der Waals surface area contributed by atoms with Gasteiger partial charge in [-0.15, -0.1) is 0 Å². The minimum atomic E-state index is -0.470. The van der Waals surface area contributed by atoms with Crippen molar-refractivity contribution in [1.29, 1.82) is 0 Å². The Balaban J connectivity index is 1.30. The zero-order chi connectivity index (χ0) is 21.9. The summed E-state index contributed by atoms with van der Waals surface area (Å²) >= 11 is 5.91. The third-order valence-corrected chi connectivity index (χ3v) is 6.00. The Kier molecular flexibility index (Phi) is 6.26. The largest absolute Gasteiger partial charge is 0.379 e. The summed E-state index contributed by atoms with van der Waals surface area (Å²) in [5.74, 6) is 0.702. The summed E-state index contributed by atoms with van der Waals surface area (Å²) < 4.78 is 18.9. The molecule has 1 aromatic carbocycles. The van der Waals surface area contributed by atoms with E-state index in [1.165, 1.54) is 18.5 Å². The summed E-state index contributed by atoms with van der Waals surface area (Å²) in [6, 6.07) is 4.43. The molecule has 0 aliphatic carbocycles. The van der Waals surface area contributed by atoms with E-state index in [4.69, 9.17) is 21.3 Å². The number of anilines is 3. The molecule has 2 saturated heterocycles. The predicted octanol–water partition coefficient (Wildman–Crippen LogP) is 2.37. The molecule has 0 saturated carbocycles. The molecule has 2 aliphatic heterocycles. The number of rotatable bonds is 5. The quantitative estimate of drug-likeness (QED) is 0.619. The van der Waals surface area contributed by atoms with Gasteiger partial charge < -0.3 is 15.0 Å². The zero-order valence-electron chi connectivity index (χ0n) is 17.5. The molecular formula is C21H24ClFN8O. The maximum Gasteiger partial charge on any atom is 0.226 e. The van der Waals surface area contributed by atoms with Gasteiger partial charge in [0.2, 0.25) is 5.95 Å². The van der Waals surface area contributed by atoms with Crippen molar-refractivity contribution in [1.82, 2.24) is 29.7 Å². The summed E-state index contributed by atoms with van der Waals surface area (Å²) in [6.07, 6.45) is 3.16. The zero-order valence-corrected chi connectivity index (χ0v) is 18.3. The number of piperazine rings is 1. The Morgan fingerprint density at radius 3 is 2.56 bits per heavy atom. The van der Waals surface area contributed by atoms with E-state index in [-0.39, 0.29) is 5.02 Å². The molecule has 9 nitrogen and oxygen atoms in total. The van der Waals surface area contributed by atoms with Gasteiger partial charge in [0, 0.05) is 45.0 Å². The van der Waals surface area contributed by atoms with Crippen LogP contribution in [-0.4, -0.2) is 88.9 Å². The van der Waals surface area contributed by atoms with Crippen LogP contribution in [0.25, 0.3) is 11.0 Å². The molecule has 0 bridgehead atoms. The first-order chi connectivity index (χ1) is 15.7. The number of aromatic nitrogens is 4. The first-order valence-electron chi connectivity index (χ1n) is 10.6. The Hall–Kier alpha value is -2.66. The molecule has 3 aromatic rings. The molecule has 2 aliphatic rings. The average molecular weight is 459 g/mol. The van der Waals surface area contributed by atoms with E-state index < -0.39 is 5.82 Å². The second-order valence-corrected chi connectivity index (χ2v) is 8.26. The number of halogens is 2. The van der Waals surface area contributed by atoms with Gasteiger partial charge in [0.05, 0.1) is 31.1 Å². The van der Waals surface area contributed by atoms with Crippen molar-refractivity contribution < 1.29 is 9.13 Å². The summed E-state index contributed by atoms with van der Waals surface area (Å²) in [5, 5.41) is 3.20. The van der Waals surface area contributed by atoms with Crippen LogP contribution >= 0.6 is 11.6 Å². The van der Waals surface area contributed by atoms with Crippen molar-refractivity contribution in [2.24, 2.45) is 0 Å². The van der Waals surface area contributed by atoms with Crippen molar-refractivity contribution in [2.45, 2.75) is 0 Å². The lowest BCUT2D eigenvalue weighted by Gasteiger charge is -2.38. The molecule has 0 spiro atoms. The summed E-state index contributed by atoms with van der Waals surface area (Å²) in [7, 11) is 0. The van der Waals surface area contributed by atoms with Gasteiger partial charge in [0.1, 0.15) is 23.2 Å². The van der Waals surface area contributed by atoms with Crippen LogP contribution in [0, 0.1) is 5.82 Å². The van der Waals surface area contributed by atoms with Crippen LogP contribution in [0.15, 0.2) is 30.7 Å². The number of nitrogens with zero attached hydrogens (tertiary/aromatic N) is 7. The maximum absolute atomic E-state index is 13.5. The van der Waals surface area contributed by atoms with Crippen molar-refractivity contribution in [2.75, 3.05) is 69.4 Å². The van der Waals surface area contributed by atoms with E-state index in [0.29, 0.717) is 28.5 Å². The molecule has 11 heteroatoms. The second-order valence-electron chi connectivity index (χ2n) is 7.86. The minimum absolute atomic E-state index is 0.0404. The molecule has 0 unspecified atom stereocenters. The molecule has 2 fully saturated rings. The first kappa shape index (κ1) is 21.2. The molecule has 0 amide bonds. The lowest BCUT2D eigenvalue weighted by molar-refractivity contribution is 0.00880. The van der Waals surface area contributed by atoms with E-state index in [1.807, 2.05) is 0 Å². The second kappa shape index (κ2) is 9.45. The van der Waals surface area contributed by atoms with Gasteiger partial charge in [-0.2, -0.15) is 0 Å². The SMILES string of the molecule is Fc1ccc(Nc2ncnc3cnc(N4CCN(CN5CCOCC5)CC4)nc23)cc1Cl. The van der Waals surface area contributed by atoms with Crippen LogP contribution in [0.5, 0.6) is 0 Å². The highest BCUT2D eigenvalue weighted by atomic mass is 35.5. The van der Waals surface area contributed by atoms with Gasteiger partial charge in [-0.1, -0.05) is 11.6 Å². The summed E-state index contributed by atoms with van der Waals surface area (Å²) in [5.41, 5.74) is 1.85. The lowest BCUT2D eigenvalue weighted by Crippen LogP contribution is -2.52. The topological polar surface area (TPSA) is 82.5 Å². The molecule has 4 heterocycles. The number of ether oxygens (including phenoxy) is 1. The molecule has 0 radical (unpaired) electrons. The number of fused-ring (bicyclic) bond motifs is 1. The first-order valence-corrected chi connectivity index (χ1v) is 11.0. The molecule has 1 N–H and O–H groups in total. The highest BCUT2D eigenvalue weighted by molar-refractivity contribution is 6.31. The molecule has 5 rings (SSSR count). The number of hydrogen-bond acceptors (Lipinski definition) is 9. The van der Waals surface area contributed by atoms with Gasteiger partial charge in [-0.3, -0.25) is 9.80 Å². The van der Waals surface area contributed by atoms with E-state index in [1.54, 1.807) is 12.3 Å². The summed E-state index contributed by atoms with van der Waals surface area (Å²) in [4.78, 5) is 24.9. The van der Waals surface area contributed by atoms with E-state index in [0.717, 1.165) is 59.2 Å². The van der Waals surface area contributed by atoms with Crippen molar-refractivity contribution in [3.8, 4) is 0 Å². The number of hydrogen-bond donors (Lipinski definition) is 1. The smallest absolute Gasteiger partial charge is 0.226 e. The van der Waals surface area contributed by atoms with Gasteiger partial charge in [0.15, 0.2) is 5.82 Å². The number of nitrogens with one attached hydrogen (secondary N) is 1. The fraction of sp³-hybridized carbons (Fsp3) is 0.429. The van der Waals surface area contributed by atoms with Gasteiger partial charge in [-0.25, -0.2) is 24.3 Å². The Bertz CT molecular complexity index is 1090. The third kappa shape index (κ3) is 4.73. The standard InChI is InChI=1S/C21H24ClFN8O/c22-16-11-15(1-2-17(16)23)27-20-19-18(25-13-26-20)12-24-21(28-19)31-5-3-29(4-6-31)14-30-7-9-32-10-8-30/h1-2,11-13H,3-10,14H2,(H,25,26,27). The molecular weight excluding hydrogens is 435 g/mol. The van der Waals surface area contributed by atoms with E-state index in [2.05, 4.69) is 35.0 Å². The molecule has 2 aromatic heterocycles. The fourth-order valence-corrected chi connectivity index (χ4v) is 4.09. The van der Waals surface area contributed by atoms with Crippen molar-refractivity contribution in [3.63, 3.8) is 0 Å². The highest BCUT2D eigenvalue weighted by Crippen LogP contribution is 2.26. The Morgan fingerprint density at radius 2 is 1.78 bits per heavy atom. The Labute approximate surface area is 190 Å². The van der Waals surface area contributed by atoms with Gasteiger partial charge in [0.25, 0.3) is 0 Å². The number of benzene rings is 1. The average Bonchev–Trinajstić information content (AvgIpc) is 2.83. The molecule has 32 heavy (non-hydrogen) atoms.